The topological polar surface area (TPSA) is 80.8 Å². The van der Waals surface area contributed by atoms with E-state index >= 15 is 0 Å². The summed E-state index contributed by atoms with van der Waals surface area (Å²) in [4.78, 5) is 50.5. The number of fused-ring (bicyclic) bond motifs is 1. The van der Waals surface area contributed by atoms with Crippen molar-refractivity contribution in [1.29, 1.82) is 0 Å². The summed E-state index contributed by atoms with van der Waals surface area (Å²) in [6.45, 7) is 7.02. The maximum Gasteiger partial charge on any atom is 0.338 e. The molecule has 28 heavy (non-hydrogen) atoms. The Morgan fingerprint density at radius 1 is 1.04 bits per heavy atom. The van der Waals surface area contributed by atoms with Crippen LogP contribution in [0.25, 0.3) is 0 Å². The Morgan fingerprint density at radius 3 is 2.29 bits per heavy atom. The van der Waals surface area contributed by atoms with Gasteiger partial charge in [0.05, 0.1) is 16.7 Å². The number of hydrogen-bond acceptors (Lipinski definition) is 5. The molecule has 0 unspecified atom stereocenters. The van der Waals surface area contributed by atoms with Gasteiger partial charge in [-0.3, -0.25) is 19.3 Å². The van der Waals surface area contributed by atoms with Crippen LogP contribution in [-0.2, 0) is 4.74 Å². The summed E-state index contributed by atoms with van der Waals surface area (Å²) in [5.41, 5.74) is 1.93. The second-order valence-corrected chi connectivity index (χ2v) is 6.55. The fourth-order valence-electron chi connectivity index (χ4n) is 2.95. The molecule has 0 spiro atoms. The minimum Gasteiger partial charge on any atom is -0.451 e. The van der Waals surface area contributed by atoms with Crippen LogP contribution in [0.15, 0.2) is 55.1 Å². The van der Waals surface area contributed by atoms with E-state index in [1.54, 1.807) is 24.3 Å². The van der Waals surface area contributed by atoms with E-state index in [1.165, 1.54) is 31.2 Å². The number of imide groups is 1. The fourth-order valence-corrected chi connectivity index (χ4v) is 2.95. The molecule has 6 heteroatoms. The lowest BCUT2D eigenvalue weighted by Crippen LogP contribution is -2.29. The molecular weight excluding hydrogens is 358 g/mol. The van der Waals surface area contributed by atoms with Gasteiger partial charge >= 0.3 is 5.97 Å². The maximum atomic E-state index is 12.4. The molecule has 1 aliphatic rings. The molecule has 0 aromatic heterocycles. The Morgan fingerprint density at radius 2 is 1.64 bits per heavy atom. The number of ether oxygens (including phenoxy) is 1. The molecule has 2 aromatic carbocycles. The van der Waals surface area contributed by atoms with Crippen LogP contribution in [-0.4, -0.2) is 41.1 Å². The maximum absolute atomic E-state index is 12.4. The molecule has 0 saturated heterocycles. The number of aryl methyl sites for hydroxylation is 1. The highest BCUT2D eigenvalue weighted by Gasteiger charge is 2.35. The van der Waals surface area contributed by atoms with E-state index in [-0.39, 0.29) is 29.0 Å². The van der Waals surface area contributed by atoms with E-state index < -0.39 is 23.9 Å². The van der Waals surface area contributed by atoms with Crippen LogP contribution in [0.3, 0.4) is 0 Å². The number of esters is 1. The van der Waals surface area contributed by atoms with Crippen molar-refractivity contribution in [2.24, 2.45) is 0 Å². The first-order chi connectivity index (χ1) is 13.3. The summed E-state index contributed by atoms with van der Waals surface area (Å²) < 4.78 is 5.26. The van der Waals surface area contributed by atoms with Gasteiger partial charge in [0.2, 0.25) is 5.78 Å². The van der Waals surface area contributed by atoms with E-state index in [9.17, 15) is 19.2 Å². The smallest absolute Gasteiger partial charge is 0.338 e. The van der Waals surface area contributed by atoms with Crippen molar-refractivity contribution in [2.45, 2.75) is 20.0 Å². The van der Waals surface area contributed by atoms with Crippen molar-refractivity contribution in [3.8, 4) is 0 Å². The van der Waals surface area contributed by atoms with E-state index in [4.69, 9.17) is 4.74 Å². The molecular formula is C22H19NO5. The average Bonchev–Trinajstić information content (AvgIpc) is 2.92. The van der Waals surface area contributed by atoms with Gasteiger partial charge in [0.25, 0.3) is 11.8 Å². The molecule has 3 rings (SSSR count). The van der Waals surface area contributed by atoms with Gasteiger partial charge in [-0.25, -0.2) is 4.79 Å². The Kier molecular flexibility index (Phi) is 5.22. The lowest BCUT2D eigenvalue weighted by molar-refractivity contribution is 0.0318. The molecule has 0 aliphatic carbocycles. The van der Waals surface area contributed by atoms with Gasteiger partial charge in [0.15, 0.2) is 6.10 Å². The zero-order chi connectivity index (χ0) is 20.4. The van der Waals surface area contributed by atoms with Gasteiger partial charge in [-0.1, -0.05) is 35.9 Å². The van der Waals surface area contributed by atoms with E-state index in [0.29, 0.717) is 5.56 Å². The van der Waals surface area contributed by atoms with Gasteiger partial charge in [-0.15, -0.1) is 6.58 Å². The van der Waals surface area contributed by atoms with Crippen LogP contribution < -0.4 is 0 Å². The quantitative estimate of drug-likeness (QED) is 0.334. The standard InChI is InChI=1S/C22H19NO5/c1-4-11-23-20(25)17-10-9-16(12-18(17)21(23)26)22(27)28-14(3)19(24)15-7-5-13(2)6-8-15/h4-10,12,14H,1,11H2,2-3H3/t14-/m1/s1. The van der Waals surface area contributed by atoms with Crippen LogP contribution >= 0.6 is 0 Å². The first-order valence-electron chi connectivity index (χ1n) is 8.76. The van der Waals surface area contributed by atoms with Gasteiger partial charge in [0, 0.05) is 12.1 Å². The van der Waals surface area contributed by atoms with Crippen molar-refractivity contribution in [3.05, 3.63) is 82.9 Å². The highest BCUT2D eigenvalue weighted by Crippen LogP contribution is 2.24. The summed E-state index contributed by atoms with van der Waals surface area (Å²) in [5, 5.41) is 0. The van der Waals surface area contributed by atoms with Gasteiger partial charge in [-0.05, 0) is 32.0 Å². The third kappa shape index (κ3) is 3.49. The van der Waals surface area contributed by atoms with E-state index in [1.807, 2.05) is 6.92 Å². The van der Waals surface area contributed by atoms with Crippen LogP contribution in [0.2, 0.25) is 0 Å². The third-order valence-electron chi connectivity index (χ3n) is 4.51. The monoisotopic (exact) mass is 377 g/mol. The van der Waals surface area contributed by atoms with Crippen molar-refractivity contribution < 1.29 is 23.9 Å². The van der Waals surface area contributed by atoms with Crippen LogP contribution in [0.1, 0.15) is 53.9 Å². The number of carbonyl (C=O) groups excluding carboxylic acids is 4. The average molecular weight is 377 g/mol. The molecule has 0 radical (unpaired) electrons. The molecule has 1 heterocycles. The predicted molar refractivity (Wildman–Crippen MR) is 102 cm³/mol. The molecule has 0 bridgehead atoms. The largest absolute Gasteiger partial charge is 0.451 e. The second-order valence-electron chi connectivity index (χ2n) is 6.55. The van der Waals surface area contributed by atoms with E-state index in [0.717, 1.165) is 10.5 Å². The Bertz CT molecular complexity index is 990. The van der Waals surface area contributed by atoms with Crippen molar-refractivity contribution in [1.82, 2.24) is 4.90 Å². The lowest BCUT2D eigenvalue weighted by atomic mass is 10.0. The van der Waals surface area contributed by atoms with Crippen LogP contribution in [0.4, 0.5) is 0 Å². The molecule has 1 aliphatic heterocycles. The summed E-state index contributed by atoms with van der Waals surface area (Å²) in [6.07, 6.45) is 0.466. The number of rotatable bonds is 6. The van der Waals surface area contributed by atoms with Gasteiger partial charge < -0.3 is 4.74 Å². The van der Waals surface area contributed by atoms with Crippen LogP contribution in [0.5, 0.6) is 0 Å². The minimum atomic E-state index is -0.988. The molecule has 1 atom stereocenters. The molecule has 2 amide bonds. The number of carbonyl (C=O) groups is 4. The highest BCUT2D eigenvalue weighted by molar-refractivity contribution is 6.22. The van der Waals surface area contributed by atoms with Crippen molar-refractivity contribution >= 4 is 23.6 Å². The fraction of sp³-hybridized carbons (Fsp3) is 0.182. The number of nitrogens with zero attached hydrogens (tertiary/aromatic N) is 1. The Labute approximate surface area is 162 Å². The summed E-state index contributed by atoms with van der Waals surface area (Å²) in [7, 11) is 0. The summed E-state index contributed by atoms with van der Waals surface area (Å²) in [5.74, 6) is -1.97. The number of hydrogen-bond donors (Lipinski definition) is 0. The first kappa shape index (κ1) is 19.2. The first-order valence-corrected chi connectivity index (χ1v) is 8.76. The summed E-state index contributed by atoms with van der Waals surface area (Å²) in [6, 6.07) is 11.1. The van der Waals surface area contributed by atoms with Crippen molar-refractivity contribution in [2.75, 3.05) is 6.54 Å². The molecule has 142 valence electrons. The lowest BCUT2D eigenvalue weighted by Gasteiger charge is -2.13. The number of Topliss-reactive ketones (excluding diaryl/α,β-unsaturated/α-hetero) is 1. The zero-order valence-electron chi connectivity index (χ0n) is 15.6. The minimum absolute atomic E-state index is 0.0915. The van der Waals surface area contributed by atoms with E-state index in [2.05, 4.69) is 6.58 Å². The predicted octanol–water partition coefficient (Wildman–Crippen LogP) is 3.21. The van der Waals surface area contributed by atoms with Crippen LogP contribution in [0, 0.1) is 6.92 Å². The number of benzene rings is 2. The highest BCUT2D eigenvalue weighted by atomic mass is 16.5. The Balaban J connectivity index is 1.76. The van der Waals surface area contributed by atoms with Gasteiger partial charge in [0.1, 0.15) is 0 Å². The van der Waals surface area contributed by atoms with Gasteiger partial charge in [-0.2, -0.15) is 0 Å². The summed E-state index contributed by atoms with van der Waals surface area (Å²) >= 11 is 0. The second kappa shape index (κ2) is 7.60. The zero-order valence-corrected chi connectivity index (χ0v) is 15.6. The molecule has 0 saturated carbocycles. The molecule has 0 N–H and O–H groups in total. The third-order valence-corrected chi connectivity index (χ3v) is 4.51. The molecule has 6 nitrogen and oxygen atoms in total. The number of ketones is 1. The Hall–Kier alpha value is -3.54. The number of amides is 2. The molecule has 0 fully saturated rings. The molecule has 2 aromatic rings. The van der Waals surface area contributed by atoms with Crippen molar-refractivity contribution in [3.63, 3.8) is 0 Å². The SMILES string of the molecule is C=CCN1C(=O)c2ccc(C(=O)O[C@H](C)C(=O)c3ccc(C)cc3)cc2C1=O. The normalized spacial score (nSPS) is 13.9.